The van der Waals surface area contributed by atoms with Gasteiger partial charge in [-0.05, 0) is 42.5 Å². The van der Waals surface area contributed by atoms with Gasteiger partial charge in [-0.1, -0.05) is 50.1 Å². The third-order valence-electron chi connectivity index (χ3n) is 6.15. The Morgan fingerprint density at radius 1 is 1.10 bits per heavy atom. The maximum Gasteiger partial charge on any atom is 0.261 e. The van der Waals surface area contributed by atoms with Crippen LogP contribution in [0.25, 0.3) is 10.8 Å². The molecule has 0 bridgehead atoms. The number of aromatic nitrogens is 1. The van der Waals surface area contributed by atoms with E-state index in [1.165, 1.54) is 23.8 Å². The van der Waals surface area contributed by atoms with Crippen molar-refractivity contribution in [3.05, 3.63) is 70.0 Å². The summed E-state index contributed by atoms with van der Waals surface area (Å²) in [5.74, 6) is 1.25. The second kappa shape index (κ2) is 8.74. The van der Waals surface area contributed by atoms with Gasteiger partial charge in [-0.15, -0.1) is 0 Å². The van der Waals surface area contributed by atoms with Crippen LogP contribution in [-0.4, -0.2) is 29.0 Å². The first kappa shape index (κ1) is 20.2. The molecule has 2 aromatic carbocycles. The zero-order chi connectivity index (χ0) is 21.1. The molecule has 0 saturated heterocycles. The topological polar surface area (TPSA) is 63.8 Å². The van der Waals surface area contributed by atoms with Gasteiger partial charge in [0.15, 0.2) is 0 Å². The number of hydrogen-bond acceptors (Lipinski definition) is 4. The van der Waals surface area contributed by atoms with E-state index in [2.05, 4.69) is 6.92 Å². The second-order valence-electron chi connectivity index (χ2n) is 8.13. The number of methoxy groups -OCH3 is 1. The van der Waals surface area contributed by atoms with Gasteiger partial charge >= 0.3 is 0 Å². The molecule has 0 radical (unpaired) electrons. The minimum atomic E-state index is -0.206. The second-order valence-corrected chi connectivity index (χ2v) is 8.13. The van der Waals surface area contributed by atoms with Crippen molar-refractivity contribution in [2.24, 2.45) is 10.9 Å². The maximum atomic E-state index is 13.1. The summed E-state index contributed by atoms with van der Waals surface area (Å²) in [6.45, 7) is 2.52. The highest BCUT2D eigenvalue weighted by molar-refractivity contribution is 6.01. The molecule has 156 valence electrons. The van der Waals surface area contributed by atoms with Gasteiger partial charge < -0.3 is 9.84 Å². The molecule has 3 aromatic rings. The average molecular weight is 405 g/mol. The fraction of sp³-hybridized carbons (Fsp3) is 0.360. The standard InChI is InChI=1S/C25H28N2O3/c1-17-7-3-6-10-23(17)26-15-22-20-8-4-5-9-21(20)24(28)27(25(22)29)16-18-11-13-19(30-2)14-12-18/h4-5,8-9,11-15,17,23,29H,3,6-7,10,16H2,1-2H3/t17-,23-/m0/s1. The molecule has 2 atom stereocenters. The lowest BCUT2D eigenvalue weighted by Gasteiger charge is -2.25. The summed E-state index contributed by atoms with van der Waals surface area (Å²) in [5, 5.41) is 12.4. The zero-order valence-corrected chi connectivity index (χ0v) is 17.5. The number of aromatic hydroxyl groups is 1. The fourth-order valence-electron chi connectivity index (χ4n) is 4.29. The number of benzene rings is 2. The van der Waals surface area contributed by atoms with Gasteiger partial charge in [0.1, 0.15) is 5.75 Å². The number of pyridine rings is 1. The van der Waals surface area contributed by atoms with Gasteiger partial charge in [-0.25, -0.2) is 0 Å². The summed E-state index contributed by atoms with van der Waals surface area (Å²) < 4.78 is 6.63. The van der Waals surface area contributed by atoms with Gasteiger partial charge in [0.05, 0.1) is 25.3 Å². The Bertz CT molecular complexity index is 1120. The molecule has 1 N–H and O–H groups in total. The predicted octanol–water partition coefficient (Wildman–Crippen LogP) is 4.76. The van der Waals surface area contributed by atoms with Crippen LogP contribution in [-0.2, 0) is 6.54 Å². The van der Waals surface area contributed by atoms with E-state index in [9.17, 15) is 9.90 Å². The number of aliphatic imine (C=N–C) groups is 1. The molecule has 1 aliphatic carbocycles. The number of nitrogens with zero attached hydrogens (tertiary/aromatic N) is 2. The molecule has 1 fully saturated rings. The first-order chi connectivity index (χ1) is 14.6. The molecule has 1 heterocycles. The summed E-state index contributed by atoms with van der Waals surface area (Å²) in [4.78, 5) is 17.9. The van der Waals surface area contributed by atoms with Crippen molar-refractivity contribution >= 4 is 17.0 Å². The Hall–Kier alpha value is -3.08. The Kier molecular flexibility index (Phi) is 5.88. The molecule has 0 unspecified atom stereocenters. The van der Waals surface area contributed by atoms with Crippen LogP contribution >= 0.6 is 0 Å². The van der Waals surface area contributed by atoms with Crippen LogP contribution in [0.3, 0.4) is 0 Å². The lowest BCUT2D eigenvalue weighted by Crippen LogP contribution is -2.23. The minimum Gasteiger partial charge on any atom is -0.497 e. The first-order valence-electron chi connectivity index (χ1n) is 10.6. The third-order valence-corrected chi connectivity index (χ3v) is 6.15. The molecule has 5 nitrogen and oxygen atoms in total. The lowest BCUT2D eigenvalue weighted by molar-refractivity contribution is 0.333. The smallest absolute Gasteiger partial charge is 0.261 e. The average Bonchev–Trinajstić information content (AvgIpc) is 2.78. The van der Waals surface area contributed by atoms with E-state index in [4.69, 9.17) is 9.73 Å². The molecule has 1 aromatic heterocycles. The Balaban J connectivity index is 1.78. The SMILES string of the molecule is COc1ccc(Cn2c(O)c(C=N[C@H]3CCCC[C@@H]3C)c3ccccc3c2=O)cc1. The van der Waals surface area contributed by atoms with Crippen LogP contribution in [0.2, 0.25) is 0 Å². The van der Waals surface area contributed by atoms with E-state index in [0.29, 0.717) is 16.9 Å². The molecule has 0 aliphatic heterocycles. The normalized spacial score (nSPS) is 19.4. The number of hydrogen-bond donors (Lipinski definition) is 1. The summed E-state index contributed by atoms with van der Waals surface area (Å²) in [6.07, 6.45) is 6.48. The van der Waals surface area contributed by atoms with E-state index in [1.54, 1.807) is 13.3 Å². The van der Waals surface area contributed by atoms with Crippen molar-refractivity contribution in [1.29, 1.82) is 0 Å². The van der Waals surface area contributed by atoms with Gasteiger partial charge in [0, 0.05) is 17.0 Å². The van der Waals surface area contributed by atoms with Crippen molar-refractivity contribution in [1.82, 2.24) is 4.57 Å². The molecule has 1 saturated carbocycles. The fourth-order valence-corrected chi connectivity index (χ4v) is 4.29. The highest BCUT2D eigenvalue weighted by Crippen LogP contribution is 2.28. The number of fused-ring (bicyclic) bond motifs is 1. The van der Waals surface area contributed by atoms with E-state index >= 15 is 0 Å². The summed E-state index contributed by atoms with van der Waals surface area (Å²) in [5.41, 5.74) is 1.31. The Labute approximate surface area is 176 Å². The van der Waals surface area contributed by atoms with Crippen molar-refractivity contribution in [3.8, 4) is 11.6 Å². The third kappa shape index (κ3) is 3.97. The largest absolute Gasteiger partial charge is 0.497 e. The molecule has 30 heavy (non-hydrogen) atoms. The molecular weight excluding hydrogens is 376 g/mol. The van der Waals surface area contributed by atoms with Crippen LogP contribution in [0.5, 0.6) is 11.6 Å². The molecule has 4 rings (SSSR count). The molecule has 1 aliphatic rings. The van der Waals surface area contributed by atoms with Crippen molar-refractivity contribution in [3.63, 3.8) is 0 Å². The van der Waals surface area contributed by atoms with E-state index in [1.807, 2.05) is 48.5 Å². The molecule has 0 amide bonds. The summed E-state index contributed by atoms with van der Waals surface area (Å²) in [6, 6.07) is 15.2. The number of ether oxygens (including phenoxy) is 1. The highest BCUT2D eigenvalue weighted by atomic mass is 16.5. The minimum absolute atomic E-state index is 0.0401. The summed E-state index contributed by atoms with van der Waals surface area (Å²) >= 11 is 0. The Morgan fingerprint density at radius 3 is 2.50 bits per heavy atom. The lowest BCUT2D eigenvalue weighted by atomic mass is 9.86. The van der Waals surface area contributed by atoms with Gasteiger partial charge in [-0.2, -0.15) is 0 Å². The number of rotatable bonds is 5. The zero-order valence-electron chi connectivity index (χ0n) is 17.5. The van der Waals surface area contributed by atoms with E-state index in [0.717, 1.165) is 23.1 Å². The monoisotopic (exact) mass is 404 g/mol. The van der Waals surface area contributed by atoms with E-state index in [-0.39, 0.29) is 24.0 Å². The predicted molar refractivity (Wildman–Crippen MR) is 121 cm³/mol. The van der Waals surface area contributed by atoms with Crippen molar-refractivity contribution in [2.45, 2.75) is 45.2 Å². The molecular formula is C25H28N2O3. The van der Waals surface area contributed by atoms with E-state index < -0.39 is 0 Å². The quantitative estimate of drug-likeness (QED) is 0.624. The highest BCUT2D eigenvalue weighted by Gasteiger charge is 2.21. The van der Waals surface area contributed by atoms with Crippen LogP contribution in [0, 0.1) is 5.92 Å². The van der Waals surface area contributed by atoms with Crippen LogP contribution in [0.15, 0.2) is 58.3 Å². The molecule has 5 heteroatoms. The maximum absolute atomic E-state index is 13.1. The Morgan fingerprint density at radius 2 is 1.80 bits per heavy atom. The van der Waals surface area contributed by atoms with Crippen LogP contribution < -0.4 is 10.3 Å². The summed E-state index contributed by atoms with van der Waals surface area (Å²) in [7, 11) is 1.62. The van der Waals surface area contributed by atoms with Crippen LogP contribution in [0.1, 0.15) is 43.7 Å². The van der Waals surface area contributed by atoms with Crippen molar-refractivity contribution < 1.29 is 9.84 Å². The van der Waals surface area contributed by atoms with Gasteiger partial charge in [-0.3, -0.25) is 14.4 Å². The first-order valence-corrected chi connectivity index (χ1v) is 10.6. The van der Waals surface area contributed by atoms with Gasteiger partial charge in [0.25, 0.3) is 5.56 Å². The van der Waals surface area contributed by atoms with Gasteiger partial charge in [0.2, 0.25) is 5.88 Å². The van der Waals surface area contributed by atoms with Crippen molar-refractivity contribution in [2.75, 3.05) is 7.11 Å². The molecule has 0 spiro atoms. The van der Waals surface area contributed by atoms with Crippen LogP contribution in [0.4, 0.5) is 0 Å².